The summed E-state index contributed by atoms with van der Waals surface area (Å²) >= 11 is 0. The molecule has 2 aliphatic rings. The van der Waals surface area contributed by atoms with E-state index in [1.807, 2.05) is 17.0 Å². The number of carbonyl (C=O) groups excluding carboxylic acids is 2. The molecular formula is C21H30N2O3. The van der Waals surface area contributed by atoms with Crippen LogP contribution in [0.3, 0.4) is 0 Å². The van der Waals surface area contributed by atoms with Gasteiger partial charge in [0.15, 0.2) is 5.78 Å². The summed E-state index contributed by atoms with van der Waals surface area (Å²) in [5, 5.41) is 9.08. The van der Waals surface area contributed by atoms with E-state index in [2.05, 4.69) is 17.0 Å². The molecule has 1 aromatic rings. The fourth-order valence-electron chi connectivity index (χ4n) is 4.45. The standard InChI is InChI=1S/C21H30N2O3/c1-17(25)19-6-4-18(5-7-19)14-22-11-2-9-21(15-22)10-8-20(26)23(16-21)12-3-13-24/h4-7,24H,2-3,8-16H2,1H3. The van der Waals surface area contributed by atoms with Gasteiger partial charge in [0, 0.05) is 50.2 Å². The zero-order valence-corrected chi connectivity index (χ0v) is 15.7. The lowest BCUT2D eigenvalue weighted by atomic mass is 9.73. The lowest BCUT2D eigenvalue weighted by Gasteiger charge is -2.48. The number of hydrogen-bond acceptors (Lipinski definition) is 4. The summed E-state index contributed by atoms with van der Waals surface area (Å²) in [6.45, 7) is 6.22. The lowest BCUT2D eigenvalue weighted by molar-refractivity contribution is -0.139. The molecule has 0 saturated carbocycles. The van der Waals surface area contributed by atoms with Gasteiger partial charge in [-0.25, -0.2) is 0 Å². The summed E-state index contributed by atoms with van der Waals surface area (Å²) in [6, 6.07) is 7.92. The van der Waals surface area contributed by atoms with E-state index in [-0.39, 0.29) is 23.7 Å². The van der Waals surface area contributed by atoms with E-state index in [0.717, 1.165) is 44.6 Å². The van der Waals surface area contributed by atoms with E-state index >= 15 is 0 Å². The normalized spacial score (nSPS) is 24.2. The van der Waals surface area contributed by atoms with Crippen molar-refractivity contribution in [1.82, 2.24) is 9.80 Å². The Balaban J connectivity index is 1.62. The van der Waals surface area contributed by atoms with E-state index in [1.165, 1.54) is 12.0 Å². The van der Waals surface area contributed by atoms with Crippen LogP contribution in [-0.2, 0) is 11.3 Å². The molecule has 1 unspecified atom stereocenters. The zero-order valence-electron chi connectivity index (χ0n) is 15.7. The molecule has 2 aliphatic heterocycles. The van der Waals surface area contributed by atoms with Crippen LogP contribution in [0, 0.1) is 5.41 Å². The van der Waals surface area contributed by atoms with E-state index in [0.29, 0.717) is 19.4 Å². The Morgan fingerprint density at radius 1 is 1.19 bits per heavy atom. The van der Waals surface area contributed by atoms with Gasteiger partial charge in [0.2, 0.25) is 5.91 Å². The molecule has 1 atom stereocenters. The minimum Gasteiger partial charge on any atom is -0.396 e. The summed E-state index contributed by atoms with van der Waals surface area (Å²) in [6.07, 6.45) is 4.60. The molecule has 1 spiro atoms. The number of nitrogens with zero attached hydrogens (tertiary/aromatic N) is 2. The molecule has 2 fully saturated rings. The maximum atomic E-state index is 12.2. The van der Waals surface area contributed by atoms with Crippen molar-refractivity contribution in [2.75, 3.05) is 32.8 Å². The minimum absolute atomic E-state index is 0.100. The number of carbonyl (C=O) groups is 2. The number of aliphatic hydroxyl groups is 1. The Morgan fingerprint density at radius 3 is 2.65 bits per heavy atom. The number of amides is 1. The van der Waals surface area contributed by atoms with Gasteiger partial charge in [-0.15, -0.1) is 0 Å². The number of aliphatic hydroxyl groups excluding tert-OH is 1. The van der Waals surface area contributed by atoms with Crippen LogP contribution in [0.25, 0.3) is 0 Å². The quantitative estimate of drug-likeness (QED) is 0.794. The summed E-state index contributed by atoms with van der Waals surface area (Å²) in [4.78, 5) is 28.1. The molecule has 5 nitrogen and oxygen atoms in total. The van der Waals surface area contributed by atoms with E-state index in [9.17, 15) is 9.59 Å². The van der Waals surface area contributed by atoms with Crippen molar-refractivity contribution in [2.45, 2.75) is 45.6 Å². The van der Waals surface area contributed by atoms with Crippen LogP contribution in [0.1, 0.15) is 54.9 Å². The van der Waals surface area contributed by atoms with E-state index in [4.69, 9.17) is 5.11 Å². The number of ketones is 1. The molecule has 0 aliphatic carbocycles. The van der Waals surface area contributed by atoms with Crippen molar-refractivity contribution in [1.29, 1.82) is 0 Å². The molecular weight excluding hydrogens is 328 g/mol. The predicted octanol–water partition coefficient (Wildman–Crippen LogP) is 2.48. The van der Waals surface area contributed by atoms with Crippen LogP contribution in [0.5, 0.6) is 0 Å². The Hall–Kier alpha value is -1.72. The van der Waals surface area contributed by atoms with E-state index in [1.54, 1.807) is 6.92 Å². The molecule has 142 valence electrons. The average Bonchev–Trinajstić information content (AvgIpc) is 2.63. The first kappa shape index (κ1) is 19.1. The highest BCUT2D eigenvalue weighted by Gasteiger charge is 2.41. The minimum atomic E-state index is 0.100. The Kier molecular flexibility index (Phi) is 6.09. The smallest absolute Gasteiger partial charge is 0.222 e. The van der Waals surface area contributed by atoms with Gasteiger partial charge in [0.25, 0.3) is 0 Å². The molecule has 3 rings (SSSR count). The largest absolute Gasteiger partial charge is 0.396 e. The molecule has 0 bridgehead atoms. The molecule has 5 heteroatoms. The maximum Gasteiger partial charge on any atom is 0.222 e. The lowest BCUT2D eigenvalue weighted by Crippen LogP contribution is -2.54. The number of likely N-dealkylation sites (tertiary alicyclic amines) is 2. The van der Waals surface area contributed by atoms with Crippen molar-refractivity contribution >= 4 is 11.7 Å². The monoisotopic (exact) mass is 358 g/mol. The summed E-state index contributed by atoms with van der Waals surface area (Å²) in [7, 11) is 0. The third-order valence-corrected chi connectivity index (χ3v) is 5.84. The second kappa shape index (κ2) is 8.31. The topological polar surface area (TPSA) is 60.9 Å². The average molecular weight is 358 g/mol. The second-order valence-corrected chi connectivity index (χ2v) is 7.96. The summed E-state index contributed by atoms with van der Waals surface area (Å²) < 4.78 is 0. The molecule has 2 heterocycles. The van der Waals surface area contributed by atoms with Gasteiger partial charge in [-0.3, -0.25) is 14.5 Å². The summed E-state index contributed by atoms with van der Waals surface area (Å²) in [5.41, 5.74) is 2.19. The molecule has 1 amide bonds. The van der Waals surface area contributed by atoms with Crippen molar-refractivity contribution in [3.8, 4) is 0 Å². The maximum absolute atomic E-state index is 12.2. The van der Waals surface area contributed by atoms with Crippen LogP contribution in [0.4, 0.5) is 0 Å². The number of rotatable bonds is 6. The first-order valence-corrected chi connectivity index (χ1v) is 9.72. The van der Waals surface area contributed by atoms with Gasteiger partial charge < -0.3 is 10.0 Å². The zero-order chi connectivity index (χ0) is 18.6. The third kappa shape index (κ3) is 4.51. The fraction of sp³-hybridized carbons (Fsp3) is 0.619. The molecule has 1 N–H and O–H groups in total. The van der Waals surface area contributed by atoms with Gasteiger partial charge >= 0.3 is 0 Å². The Morgan fingerprint density at radius 2 is 1.96 bits per heavy atom. The molecule has 1 aromatic carbocycles. The van der Waals surface area contributed by atoms with Crippen LogP contribution in [0.15, 0.2) is 24.3 Å². The molecule has 0 aromatic heterocycles. The van der Waals surface area contributed by atoms with Crippen LogP contribution in [-0.4, -0.2) is 59.4 Å². The van der Waals surface area contributed by atoms with Gasteiger partial charge in [-0.05, 0) is 44.7 Å². The predicted molar refractivity (Wildman–Crippen MR) is 101 cm³/mol. The first-order chi connectivity index (χ1) is 12.5. The fourth-order valence-corrected chi connectivity index (χ4v) is 4.45. The molecule has 0 radical (unpaired) electrons. The van der Waals surface area contributed by atoms with Gasteiger partial charge in [0.1, 0.15) is 0 Å². The highest BCUT2D eigenvalue weighted by atomic mass is 16.3. The Bertz CT molecular complexity index is 643. The van der Waals surface area contributed by atoms with Crippen molar-refractivity contribution in [3.05, 3.63) is 35.4 Å². The van der Waals surface area contributed by atoms with Gasteiger partial charge in [-0.1, -0.05) is 24.3 Å². The first-order valence-electron chi connectivity index (χ1n) is 9.72. The second-order valence-electron chi connectivity index (χ2n) is 7.96. The molecule has 2 saturated heterocycles. The Labute approximate surface area is 156 Å². The summed E-state index contributed by atoms with van der Waals surface area (Å²) in [5.74, 6) is 0.337. The number of Topliss-reactive ketones (excluding diaryl/α,β-unsaturated/α-hetero) is 1. The number of benzene rings is 1. The highest BCUT2D eigenvalue weighted by Crippen LogP contribution is 2.39. The van der Waals surface area contributed by atoms with Crippen molar-refractivity contribution < 1.29 is 14.7 Å². The van der Waals surface area contributed by atoms with Crippen molar-refractivity contribution in [3.63, 3.8) is 0 Å². The SMILES string of the molecule is CC(=O)c1ccc(CN2CCCC3(CCC(=O)N(CCCO)C3)C2)cc1. The van der Waals surface area contributed by atoms with Crippen LogP contribution < -0.4 is 0 Å². The highest BCUT2D eigenvalue weighted by molar-refractivity contribution is 5.94. The van der Waals surface area contributed by atoms with Crippen LogP contribution >= 0.6 is 0 Å². The third-order valence-electron chi connectivity index (χ3n) is 5.84. The van der Waals surface area contributed by atoms with E-state index < -0.39 is 0 Å². The number of hydrogen-bond donors (Lipinski definition) is 1. The van der Waals surface area contributed by atoms with Crippen molar-refractivity contribution in [2.24, 2.45) is 5.41 Å². The van der Waals surface area contributed by atoms with Gasteiger partial charge in [-0.2, -0.15) is 0 Å². The number of piperidine rings is 2. The van der Waals surface area contributed by atoms with Crippen LogP contribution in [0.2, 0.25) is 0 Å². The van der Waals surface area contributed by atoms with Gasteiger partial charge in [0.05, 0.1) is 0 Å². The molecule has 26 heavy (non-hydrogen) atoms.